The van der Waals surface area contributed by atoms with Crippen molar-refractivity contribution in [1.82, 2.24) is 5.32 Å². The normalized spacial score (nSPS) is 25.1. The highest BCUT2D eigenvalue weighted by molar-refractivity contribution is 7.10. The van der Waals surface area contributed by atoms with E-state index in [1.165, 1.54) is 0 Å². The number of benzene rings is 1. The Morgan fingerprint density at radius 2 is 2.07 bits per heavy atom. The molecule has 2 amide bonds. The molecule has 0 bridgehead atoms. The van der Waals surface area contributed by atoms with Gasteiger partial charge in [0.05, 0.1) is 18.1 Å². The third-order valence-corrected chi connectivity index (χ3v) is 6.55. The molecule has 3 heterocycles. The van der Waals surface area contributed by atoms with Crippen LogP contribution in [-0.2, 0) is 14.3 Å². The molecule has 2 aliphatic rings. The number of nitrogens with one attached hydrogen (secondary N) is 1. The van der Waals surface area contributed by atoms with E-state index in [4.69, 9.17) is 4.74 Å². The molecule has 2 aromatic rings. The van der Waals surface area contributed by atoms with E-state index in [0.717, 1.165) is 35.6 Å². The van der Waals surface area contributed by atoms with Gasteiger partial charge in [-0.05, 0) is 49.8 Å². The van der Waals surface area contributed by atoms with Crippen molar-refractivity contribution in [2.45, 2.75) is 44.8 Å². The van der Waals surface area contributed by atoms with E-state index in [1.54, 1.807) is 11.3 Å². The van der Waals surface area contributed by atoms with E-state index in [1.807, 2.05) is 53.6 Å². The number of aryl methyl sites for hydroxylation is 1. The molecule has 1 aromatic heterocycles. The van der Waals surface area contributed by atoms with Gasteiger partial charge in [-0.3, -0.25) is 9.59 Å². The molecule has 2 saturated heterocycles. The summed E-state index contributed by atoms with van der Waals surface area (Å²) >= 11 is 1.60. The summed E-state index contributed by atoms with van der Waals surface area (Å²) in [4.78, 5) is 28.9. The van der Waals surface area contributed by atoms with E-state index in [-0.39, 0.29) is 29.9 Å². The summed E-state index contributed by atoms with van der Waals surface area (Å²) in [6.07, 6.45) is 3.11. The fourth-order valence-electron chi connectivity index (χ4n) is 4.11. The van der Waals surface area contributed by atoms with Gasteiger partial charge in [0.15, 0.2) is 0 Å². The van der Waals surface area contributed by atoms with Gasteiger partial charge in [-0.2, -0.15) is 0 Å². The van der Waals surface area contributed by atoms with Crippen LogP contribution in [0.25, 0.3) is 0 Å². The predicted molar refractivity (Wildman–Crippen MR) is 110 cm³/mol. The Bertz CT molecular complexity index is 813. The number of piperidine rings is 1. The van der Waals surface area contributed by atoms with Crippen LogP contribution in [0, 0.1) is 12.8 Å². The van der Waals surface area contributed by atoms with Crippen LogP contribution in [0.15, 0.2) is 41.8 Å². The topological polar surface area (TPSA) is 58.6 Å². The third kappa shape index (κ3) is 3.98. The van der Waals surface area contributed by atoms with Crippen molar-refractivity contribution in [3.63, 3.8) is 0 Å². The van der Waals surface area contributed by atoms with E-state index in [9.17, 15) is 9.59 Å². The third-order valence-electron chi connectivity index (χ3n) is 5.61. The first-order valence-electron chi connectivity index (χ1n) is 9.95. The second-order valence-electron chi connectivity index (χ2n) is 7.58. The van der Waals surface area contributed by atoms with Crippen LogP contribution < -0.4 is 10.2 Å². The summed E-state index contributed by atoms with van der Waals surface area (Å²) < 4.78 is 5.63. The fraction of sp³-hybridized carbons (Fsp3) is 0.455. The van der Waals surface area contributed by atoms with E-state index < -0.39 is 0 Å². The van der Waals surface area contributed by atoms with Crippen LogP contribution in [0.1, 0.15) is 42.2 Å². The molecule has 4 rings (SSSR count). The summed E-state index contributed by atoms with van der Waals surface area (Å²) in [6.45, 7) is 3.35. The smallest absolute Gasteiger partial charge is 0.227 e. The minimum Gasteiger partial charge on any atom is -0.376 e. The van der Waals surface area contributed by atoms with Crippen LogP contribution in [0.4, 0.5) is 5.69 Å². The van der Waals surface area contributed by atoms with Gasteiger partial charge in [0, 0.05) is 30.1 Å². The van der Waals surface area contributed by atoms with Crippen molar-refractivity contribution in [2.75, 3.05) is 18.1 Å². The maximum atomic E-state index is 13.1. The minimum absolute atomic E-state index is 0.0125. The molecule has 0 aliphatic carbocycles. The number of carbonyl (C=O) groups excluding carboxylic acids is 2. The lowest BCUT2D eigenvalue weighted by Crippen LogP contribution is -2.49. The Morgan fingerprint density at radius 3 is 2.75 bits per heavy atom. The van der Waals surface area contributed by atoms with Crippen molar-refractivity contribution >= 4 is 28.8 Å². The van der Waals surface area contributed by atoms with Crippen molar-refractivity contribution in [2.24, 2.45) is 5.92 Å². The molecule has 3 atom stereocenters. The van der Waals surface area contributed by atoms with Crippen LogP contribution in [0.5, 0.6) is 0 Å². The molecule has 2 fully saturated rings. The largest absolute Gasteiger partial charge is 0.376 e. The molecule has 3 unspecified atom stereocenters. The zero-order valence-corrected chi connectivity index (χ0v) is 16.9. The second-order valence-corrected chi connectivity index (χ2v) is 8.56. The Balaban J connectivity index is 1.60. The number of amides is 2. The Kier molecular flexibility index (Phi) is 5.78. The predicted octanol–water partition coefficient (Wildman–Crippen LogP) is 3.84. The molecule has 6 heteroatoms. The van der Waals surface area contributed by atoms with Gasteiger partial charge in [-0.1, -0.05) is 23.8 Å². The van der Waals surface area contributed by atoms with Gasteiger partial charge in [-0.15, -0.1) is 11.3 Å². The quantitative estimate of drug-likeness (QED) is 0.833. The lowest BCUT2D eigenvalue weighted by atomic mass is 9.86. The van der Waals surface area contributed by atoms with Gasteiger partial charge >= 0.3 is 0 Å². The van der Waals surface area contributed by atoms with E-state index in [2.05, 4.69) is 5.32 Å². The first kappa shape index (κ1) is 19.2. The Hall–Kier alpha value is -2.18. The number of ether oxygens (including phenoxy) is 1. The average Bonchev–Trinajstić information content (AvgIpc) is 3.41. The van der Waals surface area contributed by atoms with Crippen molar-refractivity contribution in [3.05, 3.63) is 52.2 Å². The fourth-order valence-corrected chi connectivity index (χ4v) is 4.99. The van der Waals surface area contributed by atoms with Crippen LogP contribution in [0.2, 0.25) is 0 Å². The number of hydrogen-bond acceptors (Lipinski definition) is 4. The molecule has 0 radical (unpaired) electrons. The van der Waals surface area contributed by atoms with Gasteiger partial charge in [0.25, 0.3) is 0 Å². The molecule has 0 spiro atoms. The second kappa shape index (κ2) is 8.45. The summed E-state index contributed by atoms with van der Waals surface area (Å²) in [5.74, 6) is -0.178. The van der Waals surface area contributed by atoms with E-state index >= 15 is 0 Å². The molecular formula is C22H26N2O3S. The summed E-state index contributed by atoms with van der Waals surface area (Å²) in [7, 11) is 0. The lowest BCUT2D eigenvalue weighted by Gasteiger charge is -2.40. The highest BCUT2D eigenvalue weighted by atomic mass is 32.1. The molecule has 5 nitrogen and oxygen atoms in total. The van der Waals surface area contributed by atoms with Crippen molar-refractivity contribution in [1.29, 1.82) is 0 Å². The average molecular weight is 399 g/mol. The highest BCUT2D eigenvalue weighted by Crippen LogP contribution is 2.41. The molecular weight excluding hydrogens is 372 g/mol. The number of rotatable bonds is 5. The minimum atomic E-state index is -0.270. The van der Waals surface area contributed by atoms with Gasteiger partial charge in [-0.25, -0.2) is 0 Å². The molecule has 1 N–H and O–H groups in total. The molecule has 0 saturated carbocycles. The monoisotopic (exact) mass is 398 g/mol. The number of thiophene rings is 1. The van der Waals surface area contributed by atoms with Crippen LogP contribution >= 0.6 is 11.3 Å². The Labute approximate surface area is 169 Å². The van der Waals surface area contributed by atoms with E-state index in [0.29, 0.717) is 19.4 Å². The number of anilines is 1. The molecule has 1 aromatic carbocycles. The first-order chi connectivity index (χ1) is 13.6. The zero-order chi connectivity index (χ0) is 19.5. The van der Waals surface area contributed by atoms with Crippen molar-refractivity contribution < 1.29 is 14.3 Å². The van der Waals surface area contributed by atoms with Gasteiger partial charge < -0.3 is 15.0 Å². The van der Waals surface area contributed by atoms with Crippen LogP contribution in [0.3, 0.4) is 0 Å². The summed E-state index contributed by atoms with van der Waals surface area (Å²) in [6, 6.07) is 11.7. The Morgan fingerprint density at radius 1 is 1.25 bits per heavy atom. The zero-order valence-electron chi connectivity index (χ0n) is 16.1. The number of hydrogen-bond donors (Lipinski definition) is 1. The molecule has 28 heavy (non-hydrogen) atoms. The molecule has 2 aliphatic heterocycles. The van der Waals surface area contributed by atoms with Crippen LogP contribution in [-0.4, -0.2) is 31.1 Å². The highest BCUT2D eigenvalue weighted by Gasteiger charge is 2.42. The maximum absolute atomic E-state index is 13.1. The SMILES string of the molecule is Cc1ccc(N2C(=O)CCC(C(=O)NCC3CCCO3)C2c2cccs2)cc1. The van der Waals surface area contributed by atoms with Gasteiger partial charge in [0.2, 0.25) is 11.8 Å². The standard InChI is InChI=1S/C22H26N2O3S/c1-15-6-8-16(9-7-15)24-20(25)11-10-18(21(24)19-5-3-13-28-19)22(26)23-14-17-4-2-12-27-17/h3,5-9,13,17-18,21H,2,4,10-12,14H2,1H3,(H,23,26). The number of carbonyl (C=O) groups is 2. The maximum Gasteiger partial charge on any atom is 0.227 e. The van der Waals surface area contributed by atoms with Gasteiger partial charge in [0.1, 0.15) is 0 Å². The first-order valence-corrected chi connectivity index (χ1v) is 10.8. The number of nitrogens with zero attached hydrogens (tertiary/aromatic N) is 1. The summed E-state index contributed by atoms with van der Waals surface area (Å²) in [5.41, 5.74) is 2.00. The lowest BCUT2D eigenvalue weighted by molar-refractivity contribution is -0.129. The summed E-state index contributed by atoms with van der Waals surface area (Å²) in [5, 5.41) is 5.09. The van der Waals surface area contributed by atoms with Crippen molar-refractivity contribution in [3.8, 4) is 0 Å². The molecule has 148 valence electrons.